The SMILES string of the molecule is CC(C)(C)c1cc(OP(=O)(Cl)Cl)c2ccccc2c1. The van der Waals surface area contributed by atoms with Gasteiger partial charge in [-0.2, -0.15) is 0 Å². The number of rotatable bonds is 2. The molecule has 0 spiro atoms. The van der Waals surface area contributed by atoms with E-state index in [0.29, 0.717) is 5.75 Å². The van der Waals surface area contributed by atoms with E-state index in [1.165, 1.54) is 0 Å². The van der Waals surface area contributed by atoms with Gasteiger partial charge in [-0.15, -0.1) is 0 Å². The second kappa shape index (κ2) is 5.01. The van der Waals surface area contributed by atoms with Crippen LogP contribution >= 0.6 is 28.6 Å². The van der Waals surface area contributed by atoms with Crippen LogP contribution in [-0.2, 0) is 9.98 Å². The Morgan fingerprint density at radius 1 is 1.11 bits per heavy atom. The van der Waals surface area contributed by atoms with E-state index in [-0.39, 0.29) is 5.41 Å². The minimum absolute atomic E-state index is 0.0508. The van der Waals surface area contributed by atoms with Crippen molar-refractivity contribution in [3.8, 4) is 5.75 Å². The smallest absolute Gasteiger partial charge is 0.422 e. The van der Waals surface area contributed by atoms with Crippen molar-refractivity contribution in [2.75, 3.05) is 0 Å². The van der Waals surface area contributed by atoms with Gasteiger partial charge in [0.2, 0.25) is 0 Å². The third-order valence-electron chi connectivity index (χ3n) is 2.89. The number of hydrogen-bond acceptors (Lipinski definition) is 2. The van der Waals surface area contributed by atoms with E-state index >= 15 is 0 Å². The molecular weight excluding hydrogens is 302 g/mol. The summed E-state index contributed by atoms with van der Waals surface area (Å²) < 4.78 is 16.7. The molecule has 0 radical (unpaired) electrons. The van der Waals surface area contributed by atoms with Crippen molar-refractivity contribution in [1.29, 1.82) is 0 Å². The second-order valence-electron chi connectivity index (χ2n) is 5.45. The predicted octanol–water partition coefficient (Wildman–Crippen LogP) is 6.10. The highest BCUT2D eigenvalue weighted by molar-refractivity contribution is 8.05. The highest BCUT2D eigenvalue weighted by atomic mass is 35.9. The molecule has 19 heavy (non-hydrogen) atoms. The first-order chi connectivity index (χ1) is 8.67. The summed E-state index contributed by atoms with van der Waals surface area (Å²) >= 11 is 11.1. The summed E-state index contributed by atoms with van der Waals surface area (Å²) in [4.78, 5) is 0. The third-order valence-corrected chi connectivity index (χ3v) is 3.72. The molecule has 2 aromatic carbocycles. The topological polar surface area (TPSA) is 26.3 Å². The number of hydrogen-bond donors (Lipinski definition) is 0. The molecule has 2 aromatic rings. The van der Waals surface area contributed by atoms with E-state index in [4.69, 9.17) is 27.0 Å². The fourth-order valence-electron chi connectivity index (χ4n) is 1.90. The lowest BCUT2D eigenvalue weighted by Gasteiger charge is -2.21. The van der Waals surface area contributed by atoms with Gasteiger partial charge < -0.3 is 4.52 Å². The van der Waals surface area contributed by atoms with Crippen LogP contribution in [0.3, 0.4) is 0 Å². The van der Waals surface area contributed by atoms with Crippen molar-refractivity contribution in [2.45, 2.75) is 26.2 Å². The van der Waals surface area contributed by atoms with E-state index in [2.05, 4.69) is 26.8 Å². The van der Waals surface area contributed by atoms with Crippen molar-refractivity contribution < 1.29 is 9.09 Å². The van der Waals surface area contributed by atoms with Crippen molar-refractivity contribution in [1.82, 2.24) is 0 Å². The zero-order chi connectivity index (χ0) is 14.3. The molecule has 0 amide bonds. The number of benzene rings is 2. The lowest BCUT2D eigenvalue weighted by molar-refractivity contribution is 0.513. The standard InChI is InChI=1S/C14H15Cl2O2P/c1-14(2,3)11-8-10-6-4-5-7-12(10)13(9-11)18-19(15,16)17/h4-9H,1-3H3. The van der Waals surface area contributed by atoms with Crippen molar-refractivity contribution in [2.24, 2.45) is 0 Å². The average Bonchev–Trinajstić information content (AvgIpc) is 2.25. The quantitative estimate of drug-likeness (QED) is 0.625. The summed E-state index contributed by atoms with van der Waals surface area (Å²) in [6.45, 7) is 6.30. The molecule has 0 unspecified atom stereocenters. The Balaban J connectivity index is 2.68. The third kappa shape index (κ3) is 3.66. The highest BCUT2D eigenvalue weighted by Crippen LogP contribution is 2.58. The second-order valence-corrected chi connectivity index (χ2v) is 9.65. The van der Waals surface area contributed by atoms with Gasteiger partial charge in [0, 0.05) is 27.9 Å². The van der Waals surface area contributed by atoms with Crippen LogP contribution in [0, 0.1) is 0 Å². The maximum atomic E-state index is 11.5. The van der Waals surface area contributed by atoms with Gasteiger partial charge in [0.15, 0.2) is 0 Å². The molecular formula is C14H15Cl2O2P. The lowest BCUT2D eigenvalue weighted by Crippen LogP contribution is -2.11. The first-order valence-corrected chi connectivity index (χ1v) is 9.32. The van der Waals surface area contributed by atoms with E-state index in [9.17, 15) is 4.57 Å². The molecule has 0 fully saturated rings. The van der Waals surface area contributed by atoms with Gasteiger partial charge in [-0.3, -0.25) is 0 Å². The van der Waals surface area contributed by atoms with Gasteiger partial charge in [-0.25, -0.2) is 4.57 Å². The fraction of sp³-hybridized carbons (Fsp3) is 0.286. The Morgan fingerprint density at radius 3 is 2.32 bits per heavy atom. The highest BCUT2D eigenvalue weighted by Gasteiger charge is 2.21. The van der Waals surface area contributed by atoms with Crippen LogP contribution in [0.1, 0.15) is 26.3 Å². The van der Waals surface area contributed by atoms with E-state index in [1.54, 1.807) is 0 Å². The minimum Gasteiger partial charge on any atom is -0.422 e. The molecule has 2 nitrogen and oxygen atoms in total. The van der Waals surface area contributed by atoms with Gasteiger partial charge in [-0.05, 0) is 22.4 Å². The molecule has 0 aliphatic heterocycles. The Hall–Kier alpha value is -0.690. The molecule has 2 rings (SSSR count). The van der Waals surface area contributed by atoms with Gasteiger partial charge in [0.25, 0.3) is 0 Å². The minimum atomic E-state index is -3.62. The Morgan fingerprint density at radius 2 is 1.74 bits per heavy atom. The van der Waals surface area contributed by atoms with Crippen LogP contribution in [0.25, 0.3) is 10.8 Å². The first kappa shape index (κ1) is 14.7. The zero-order valence-corrected chi connectivity index (χ0v) is 13.4. The summed E-state index contributed by atoms with van der Waals surface area (Å²) in [5, 5.41) is 1.85. The summed E-state index contributed by atoms with van der Waals surface area (Å²) in [5.74, 6) is 0.455. The van der Waals surface area contributed by atoms with Crippen molar-refractivity contribution in [3.05, 3.63) is 42.0 Å². The summed E-state index contributed by atoms with van der Waals surface area (Å²) in [6, 6.07) is 11.6. The molecule has 0 aliphatic rings. The van der Waals surface area contributed by atoms with Crippen molar-refractivity contribution >= 4 is 39.3 Å². The monoisotopic (exact) mass is 316 g/mol. The summed E-state index contributed by atoms with van der Waals surface area (Å²) in [7, 11) is 0. The molecule has 0 N–H and O–H groups in total. The van der Waals surface area contributed by atoms with Crippen LogP contribution in [0.2, 0.25) is 0 Å². The van der Waals surface area contributed by atoms with Gasteiger partial charge in [-0.1, -0.05) is 51.1 Å². The molecule has 0 aliphatic carbocycles. The molecule has 0 saturated heterocycles. The first-order valence-electron chi connectivity index (χ1n) is 5.89. The maximum Gasteiger partial charge on any atom is 0.428 e. The van der Waals surface area contributed by atoms with Gasteiger partial charge in [0.05, 0.1) is 0 Å². The van der Waals surface area contributed by atoms with E-state index in [1.807, 2.05) is 30.3 Å². The summed E-state index contributed by atoms with van der Waals surface area (Å²) in [5.41, 5.74) is 1.02. The van der Waals surface area contributed by atoms with Crippen LogP contribution in [-0.4, -0.2) is 0 Å². The average molecular weight is 317 g/mol. The van der Waals surface area contributed by atoms with Crippen LogP contribution in [0.4, 0.5) is 0 Å². The number of fused-ring (bicyclic) bond motifs is 1. The lowest BCUT2D eigenvalue weighted by atomic mass is 9.85. The largest absolute Gasteiger partial charge is 0.428 e. The van der Waals surface area contributed by atoms with E-state index < -0.39 is 6.07 Å². The summed E-state index contributed by atoms with van der Waals surface area (Å²) in [6.07, 6.45) is -3.62. The molecule has 5 heteroatoms. The predicted molar refractivity (Wildman–Crippen MR) is 82.6 cm³/mol. The molecule has 0 saturated carbocycles. The zero-order valence-electron chi connectivity index (χ0n) is 11.0. The molecule has 0 aromatic heterocycles. The molecule has 102 valence electrons. The Labute approximate surface area is 122 Å². The Bertz CT molecular complexity index is 656. The van der Waals surface area contributed by atoms with Crippen molar-refractivity contribution in [3.63, 3.8) is 0 Å². The van der Waals surface area contributed by atoms with E-state index in [0.717, 1.165) is 16.3 Å². The number of halogens is 2. The Kier molecular flexibility index (Phi) is 3.88. The van der Waals surface area contributed by atoms with Gasteiger partial charge in [0.1, 0.15) is 5.75 Å². The van der Waals surface area contributed by atoms with Crippen LogP contribution in [0.5, 0.6) is 5.75 Å². The van der Waals surface area contributed by atoms with Gasteiger partial charge >= 0.3 is 6.07 Å². The van der Waals surface area contributed by atoms with Crippen LogP contribution < -0.4 is 4.52 Å². The molecule has 0 bridgehead atoms. The van der Waals surface area contributed by atoms with Crippen LogP contribution in [0.15, 0.2) is 36.4 Å². The normalized spacial score (nSPS) is 12.7. The maximum absolute atomic E-state index is 11.5. The molecule has 0 heterocycles. The molecule has 0 atom stereocenters. The fourth-order valence-corrected chi connectivity index (χ4v) is 2.72.